The summed E-state index contributed by atoms with van der Waals surface area (Å²) in [7, 11) is -4.51. The van der Waals surface area contributed by atoms with Crippen molar-refractivity contribution in [2.75, 3.05) is 60.7 Å². The van der Waals surface area contributed by atoms with Crippen molar-refractivity contribution < 1.29 is 81.4 Å². The molecule has 484 valence electrons. The number of aromatic nitrogens is 4. The van der Waals surface area contributed by atoms with Gasteiger partial charge in [0.15, 0.2) is 16.9 Å². The molecule has 3 aromatic heterocycles. The molecule has 0 spiro atoms. The van der Waals surface area contributed by atoms with Crippen molar-refractivity contribution in [3.63, 3.8) is 0 Å². The van der Waals surface area contributed by atoms with Gasteiger partial charge in [-0.2, -0.15) is 13.5 Å². The molecule has 5 heterocycles. The molecule has 7 atom stereocenters. The van der Waals surface area contributed by atoms with Crippen molar-refractivity contribution in [1.29, 1.82) is 0 Å². The van der Waals surface area contributed by atoms with E-state index in [1.807, 2.05) is 59.0 Å². The van der Waals surface area contributed by atoms with Crippen molar-refractivity contribution in [3.8, 4) is 16.9 Å². The maximum atomic E-state index is 13.8. The number of nitrogens with one attached hydrogen (secondary N) is 2. The second kappa shape index (κ2) is 25.6. The minimum absolute atomic E-state index is 0.0000158. The first-order valence-electron chi connectivity index (χ1n) is 29.9. The van der Waals surface area contributed by atoms with E-state index in [0.29, 0.717) is 65.7 Å². The summed E-state index contributed by atoms with van der Waals surface area (Å²) in [5.74, 6) is -4.03. The van der Waals surface area contributed by atoms with Gasteiger partial charge in [-0.3, -0.25) is 24.1 Å². The number of aliphatic hydroxyl groups excluding tert-OH is 3. The maximum Gasteiger partial charge on any atom is 0.410 e. The Kier molecular flexibility index (Phi) is 18.2. The number of thiazole rings is 1. The number of fused-ring (bicyclic) bond motifs is 2. The van der Waals surface area contributed by atoms with E-state index in [1.54, 1.807) is 18.3 Å². The van der Waals surface area contributed by atoms with E-state index in [2.05, 4.69) is 29.5 Å². The lowest BCUT2D eigenvalue weighted by molar-refractivity contribution is -0.271. The lowest BCUT2D eigenvalue weighted by Crippen LogP contribution is -2.64. The van der Waals surface area contributed by atoms with E-state index in [0.717, 1.165) is 64.0 Å². The van der Waals surface area contributed by atoms with Crippen LogP contribution in [0.3, 0.4) is 0 Å². The summed E-state index contributed by atoms with van der Waals surface area (Å²) in [6.07, 6.45) is -0.229. The number of benzene rings is 3. The summed E-state index contributed by atoms with van der Waals surface area (Å²) in [6, 6.07) is 21.2. The zero-order chi connectivity index (χ0) is 64.8. The molecule has 1 saturated heterocycles. The Bertz CT molecular complexity index is 3900. The van der Waals surface area contributed by atoms with E-state index < -0.39 is 82.7 Å². The SMILES string of the molecule is Cc1c(-c2ccc(N3CCc4cccc(C(=O)Nc5nc6ccccc6s5)c4C3)nc2C(=O)O)cnn1CC12CC3(C)CC(C)(C1)CC(OCCN(CCS(=O)(=O)O)C(=O)OC/C=C/c1ccc(O[C@@H]4O[C@H](C(=O)O)[C@@H](O)[C@H](O)[C@H]4O)c(NC(=O)CCN)c1)(C3)C2. The second-order valence-electron chi connectivity index (χ2n) is 25.4. The monoisotopic (exact) mass is 1290 g/mol. The molecule has 91 heavy (non-hydrogen) atoms. The van der Waals surface area contributed by atoms with Gasteiger partial charge in [0.05, 0.1) is 40.1 Å². The van der Waals surface area contributed by atoms with Gasteiger partial charge in [-0.1, -0.05) is 61.6 Å². The summed E-state index contributed by atoms with van der Waals surface area (Å²) < 4.78 is 60.1. The summed E-state index contributed by atoms with van der Waals surface area (Å²) in [5.41, 5.74) is 9.75. The number of hydrogen-bond donors (Lipinski definition) is 9. The predicted octanol–water partition coefficient (Wildman–Crippen LogP) is 6.11. The molecule has 4 aliphatic carbocycles. The molecule has 2 unspecified atom stereocenters. The Balaban J connectivity index is 0.746. The number of nitrogens with zero attached hydrogens (tertiary/aromatic N) is 6. The van der Waals surface area contributed by atoms with Crippen LogP contribution in [0, 0.1) is 23.2 Å². The number of carboxylic acids is 2. The molecule has 10 N–H and O–H groups in total. The lowest BCUT2D eigenvalue weighted by Gasteiger charge is -2.69. The fourth-order valence-corrected chi connectivity index (χ4v) is 16.5. The standard InChI is InChI=1S/C63H73N9O17S2/c1-36-41(39-14-16-47(68-49(39)55(78)79)71-20-18-38-9-6-10-40(42(38)28-71)54(77)69-58-67-43-11-4-5-12-46(43)90-58)27-65-72(36)35-62-30-60(2)29-61(3,31-62)33-63(32-60,34-62)87-24-21-70(22-25-91(83,84)85)59(82)86-23-7-8-37-13-15-45(44(26-37)66-48(73)17-19-64)88-57-52(76)50(74)51(75)53(89-57)56(80)81/h4-16,26-27,50-53,57,74-76H,17-25,28-35,64H2,1-3H3,(H,66,73)(H,78,79)(H,80,81)(H,67,69,77)(H,83,84,85)/b8-7+/t50-,51-,52+,53-,57+,60?,61?,62?,63?/m0/s1. The van der Waals surface area contributed by atoms with Gasteiger partial charge in [-0.25, -0.2) is 24.4 Å². The van der Waals surface area contributed by atoms with Crippen LogP contribution in [0.2, 0.25) is 0 Å². The number of aliphatic carboxylic acids is 1. The number of ether oxygens (including phenoxy) is 4. The van der Waals surface area contributed by atoms with E-state index in [1.165, 1.54) is 41.7 Å². The average molecular weight is 1290 g/mol. The molecular formula is C63H73N9O17S2. The highest BCUT2D eigenvalue weighted by molar-refractivity contribution is 7.85. The molecule has 6 aromatic rings. The molecule has 3 amide bonds. The van der Waals surface area contributed by atoms with Gasteiger partial charge in [0.25, 0.3) is 16.0 Å². The van der Waals surface area contributed by atoms with Crippen LogP contribution in [0.4, 0.5) is 21.4 Å². The zero-order valence-corrected chi connectivity index (χ0v) is 52.0. The molecule has 12 rings (SSSR count). The number of carboxylic acid groups (broad SMARTS) is 2. The van der Waals surface area contributed by atoms with Crippen LogP contribution in [-0.2, 0) is 53.4 Å². The first-order valence-corrected chi connectivity index (χ1v) is 32.4. The third kappa shape index (κ3) is 14.1. The van der Waals surface area contributed by atoms with Gasteiger partial charge in [0, 0.05) is 68.1 Å². The van der Waals surface area contributed by atoms with Crippen LogP contribution in [0.1, 0.15) is 102 Å². The third-order valence-corrected chi connectivity index (χ3v) is 19.6. The average Bonchev–Trinajstić information content (AvgIpc) is 1.01. The summed E-state index contributed by atoms with van der Waals surface area (Å²) in [4.78, 5) is 77.5. The van der Waals surface area contributed by atoms with Gasteiger partial charge in [-0.15, -0.1) is 0 Å². The van der Waals surface area contributed by atoms with Gasteiger partial charge >= 0.3 is 18.0 Å². The molecule has 4 bridgehead atoms. The Hall–Kier alpha value is -7.93. The number of para-hydroxylation sites is 1. The van der Waals surface area contributed by atoms with E-state index in [-0.39, 0.29) is 72.0 Å². The Morgan fingerprint density at radius 2 is 1.66 bits per heavy atom. The van der Waals surface area contributed by atoms with Crippen LogP contribution in [0.5, 0.6) is 5.75 Å². The lowest BCUT2D eigenvalue weighted by atomic mass is 9.39. The van der Waals surface area contributed by atoms with Crippen molar-refractivity contribution in [2.24, 2.45) is 22.0 Å². The highest BCUT2D eigenvalue weighted by atomic mass is 32.2. The second-order valence-corrected chi connectivity index (χ2v) is 28.0. The highest BCUT2D eigenvalue weighted by Gasteiger charge is 2.66. The zero-order valence-electron chi connectivity index (χ0n) is 50.3. The fraction of sp³-hybridized carbons (Fsp3) is 0.460. The van der Waals surface area contributed by atoms with Crippen LogP contribution >= 0.6 is 11.3 Å². The van der Waals surface area contributed by atoms with Crippen molar-refractivity contribution in [3.05, 3.63) is 119 Å². The number of aliphatic hydroxyl groups is 3. The van der Waals surface area contributed by atoms with Crippen molar-refractivity contribution in [1.82, 2.24) is 24.6 Å². The molecule has 28 heteroatoms. The number of aromatic carboxylic acids is 1. The summed E-state index contributed by atoms with van der Waals surface area (Å²) >= 11 is 1.40. The predicted molar refractivity (Wildman–Crippen MR) is 333 cm³/mol. The fourth-order valence-electron chi connectivity index (χ4n) is 15.2. The van der Waals surface area contributed by atoms with Crippen LogP contribution in [-0.4, -0.2) is 174 Å². The van der Waals surface area contributed by atoms with Crippen molar-refractivity contribution >= 4 is 84.2 Å². The topological polar surface area (TPSA) is 378 Å². The van der Waals surface area contributed by atoms with Gasteiger partial charge in [0.1, 0.15) is 36.5 Å². The number of carbonyl (C=O) groups is 5. The molecule has 26 nitrogen and oxygen atoms in total. The van der Waals surface area contributed by atoms with Crippen LogP contribution in [0.25, 0.3) is 27.4 Å². The Morgan fingerprint density at radius 1 is 0.890 bits per heavy atom. The third-order valence-electron chi connectivity index (χ3n) is 17.9. The van der Waals surface area contributed by atoms with Crippen LogP contribution < -0.4 is 26.0 Å². The highest BCUT2D eigenvalue weighted by Crippen LogP contribution is 2.72. The molecule has 6 aliphatic rings. The largest absolute Gasteiger partial charge is 0.479 e. The molecule has 5 fully saturated rings. The van der Waals surface area contributed by atoms with E-state index in [9.17, 15) is 62.5 Å². The Morgan fingerprint density at radius 3 is 2.38 bits per heavy atom. The van der Waals surface area contributed by atoms with Gasteiger partial charge in [-0.05, 0) is 133 Å². The first kappa shape index (κ1) is 64.6. The van der Waals surface area contributed by atoms with E-state index in [4.69, 9.17) is 34.8 Å². The number of carbonyl (C=O) groups excluding carboxylic acids is 3. The van der Waals surface area contributed by atoms with Crippen molar-refractivity contribution in [2.45, 2.75) is 122 Å². The number of anilines is 3. The minimum Gasteiger partial charge on any atom is -0.479 e. The number of amides is 3. The molecule has 3 aromatic carbocycles. The minimum atomic E-state index is -4.51. The molecule has 4 saturated carbocycles. The Labute approximate surface area is 527 Å². The molecule has 2 aliphatic heterocycles. The van der Waals surface area contributed by atoms with Gasteiger partial charge < -0.3 is 65.3 Å². The number of pyridine rings is 1. The smallest absolute Gasteiger partial charge is 0.410 e. The first-order chi connectivity index (χ1) is 43.2. The number of rotatable bonds is 23. The maximum absolute atomic E-state index is 13.8. The van der Waals surface area contributed by atoms with E-state index >= 15 is 0 Å². The number of nitrogens with two attached hydrogens (primary N) is 1. The molecular weight excluding hydrogens is 1220 g/mol. The normalized spacial score (nSPS) is 25.9. The van der Waals surface area contributed by atoms with Gasteiger partial charge in [0.2, 0.25) is 12.2 Å². The van der Waals surface area contributed by atoms with Crippen LogP contribution in [0.15, 0.2) is 85.1 Å². The molecule has 0 radical (unpaired) electrons. The quantitative estimate of drug-likeness (QED) is 0.0327. The summed E-state index contributed by atoms with van der Waals surface area (Å²) in [5, 5.41) is 62.2. The summed E-state index contributed by atoms with van der Waals surface area (Å²) in [6.45, 7) is 7.13. The number of hydrogen-bond acceptors (Lipinski definition) is 20.